The van der Waals surface area contributed by atoms with Gasteiger partial charge in [-0.05, 0) is 30.7 Å². The number of carboxylic acid groups (broad SMARTS) is 1. The first kappa shape index (κ1) is 11.1. The second kappa shape index (κ2) is 4.25. The highest BCUT2D eigenvalue weighted by Gasteiger charge is 2.10. The zero-order valence-electron chi connectivity index (χ0n) is 8.90. The smallest absolute Gasteiger partial charge is 0.357 e. The topological polar surface area (TPSA) is 75.4 Å². The zero-order valence-corrected chi connectivity index (χ0v) is 8.90. The Kier molecular flexibility index (Phi) is 2.78. The Morgan fingerprint density at radius 1 is 1.47 bits per heavy atom. The third kappa shape index (κ3) is 2.60. The Morgan fingerprint density at radius 3 is 2.82 bits per heavy atom. The van der Waals surface area contributed by atoms with E-state index in [9.17, 15) is 9.18 Å². The van der Waals surface area contributed by atoms with Gasteiger partial charge >= 0.3 is 5.97 Å². The Labute approximate surface area is 95.9 Å². The minimum atomic E-state index is -1.18. The molecule has 0 unspecified atom stereocenters. The number of hydrogen-bond acceptors (Lipinski definition) is 4. The summed E-state index contributed by atoms with van der Waals surface area (Å²) in [4.78, 5) is 14.2. The molecule has 88 valence electrons. The van der Waals surface area contributed by atoms with Gasteiger partial charge in [0.2, 0.25) is 0 Å². The number of carboxylic acids is 1. The summed E-state index contributed by atoms with van der Waals surface area (Å²) in [5.41, 5.74) is 0.972. The molecule has 2 N–H and O–H groups in total. The standard InChI is InChI=1S/C11H9FN2O3/c1-6-2-7(12)4-8(3-6)13-11-14-9(5-17-11)10(15)16/h2-5H,1H3,(H,13,14)(H,15,16). The van der Waals surface area contributed by atoms with Gasteiger partial charge in [0.15, 0.2) is 5.69 Å². The highest BCUT2D eigenvalue weighted by Crippen LogP contribution is 2.18. The van der Waals surface area contributed by atoms with Crippen molar-refractivity contribution in [2.75, 3.05) is 5.32 Å². The Balaban J connectivity index is 2.22. The maximum absolute atomic E-state index is 13.1. The molecule has 5 nitrogen and oxygen atoms in total. The first-order valence-corrected chi connectivity index (χ1v) is 4.77. The summed E-state index contributed by atoms with van der Waals surface area (Å²) in [5, 5.41) is 11.3. The molecular formula is C11H9FN2O3. The molecular weight excluding hydrogens is 227 g/mol. The number of carbonyl (C=O) groups is 1. The van der Waals surface area contributed by atoms with E-state index in [1.54, 1.807) is 13.0 Å². The highest BCUT2D eigenvalue weighted by atomic mass is 19.1. The Bertz CT molecular complexity index is 545. The number of nitrogens with zero attached hydrogens (tertiary/aromatic N) is 1. The molecule has 0 aliphatic heterocycles. The van der Waals surface area contributed by atoms with Crippen LogP contribution in [0.3, 0.4) is 0 Å². The van der Waals surface area contributed by atoms with Crippen LogP contribution in [0.5, 0.6) is 0 Å². The third-order valence-corrected chi connectivity index (χ3v) is 2.02. The molecule has 0 radical (unpaired) electrons. The number of rotatable bonds is 3. The van der Waals surface area contributed by atoms with Crippen molar-refractivity contribution in [3.05, 3.63) is 41.5 Å². The van der Waals surface area contributed by atoms with Crippen LogP contribution in [0.1, 0.15) is 16.1 Å². The van der Waals surface area contributed by atoms with E-state index in [0.29, 0.717) is 5.69 Å². The molecule has 1 aromatic carbocycles. The summed E-state index contributed by atoms with van der Waals surface area (Å²) in [6.45, 7) is 1.74. The van der Waals surface area contributed by atoms with E-state index < -0.39 is 11.8 Å². The fourth-order valence-corrected chi connectivity index (χ4v) is 1.36. The van der Waals surface area contributed by atoms with Gasteiger partial charge in [0.25, 0.3) is 6.01 Å². The van der Waals surface area contributed by atoms with Crippen molar-refractivity contribution >= 4 is 17.7 Å². The van der Waals surface area contributed by atoms with Gasteiger partial charge in [-0.1, -0.05) is 0 Å². The summed E-state index contributed by atoms with van der Waals surface area (Å²) in [7, 11) is 0. The summed E-state index contributed by atoms with van der Waals surface area (Å²) in [6, 6.07) is 4.34. The lowest BCUT2D eigenvalue weighted by molar-refractivity contribution is 0.0690. The van der Waals surface area contributed by atoms with Crippen molar-refractivity contribution in [2.24, 2.45) is 0 Å². The molecule has 0 fully saturated rings. The van der Waals surface area contributed by atoms with Crippen LogP contribution in [-0.4, -0.2) is 16.1 Å². The molecule has 0 bridgehead atoms. The van der Waals surface area contributed by atoms with Crippen molar-refractivity contribution < 1.29 is 18.7 Å². The number of aromatic carboxylic acids is 1. The molecule has 0 atom stereocenters. The number of hydrogen-bond donors (Lipinski definition) is 2. The van der Waals surface area contributed by atoms with Crippen LogP contribution >= 0.6 is 0 Å². The van der Waals surface area contributed by atoms with Crippen LogP contribution in [0.15, 0.2) is 28.9 Å². The normalized spacial score (nSPS) is 10.2. The molecule has 2 aromatic rings. The maximum atomic E-state index is 13.1. The van der Waals surface area contributed by atoms with Gasteiger partial charge in [0, 0.05) is 5.69 Å². The lowest BCUT2D eigenvalue weighted by Gasteiger charge is -2.02. The largest absolute Gasteiger partial charge is 0.476 e. The quantitative estimate of drug-likeness (QED) is 0.856. The van der Waals surface area contributed by atoms with Crippen molar-refractivity contribution in [1.29, 1.82) is 0 Å². The fraction of sp³-hybridized carbons (Fsp3) is 0.0909. The summed E-state index contributed by atoms with van der Waals surface area (Å²) in [5.74, 6) is -1.57. The van der Waals surface area contributed by atoms with E-state index >= 15 is 0 Å². The molecule has 0 aliphatic rings. The lowest BCUT2D eigenvalue weighted by atomic mass is 10.2. The predicted molar refractivity (Wildman–Crippen MR) is 57.9 cm³/mol. The lowest BCUT2D eigenvalue weighted by Crippen LogP contribution is -1.97. The van der Waals surface area contributed by atoms with Gasteiger partial charge in [0.05, 0.1) is 0 Å². The van der Waals surface area contributed by atoms with Crippen molar-refractivity contribution in [1.82, 2.24) is 4.98 Å². The number of nitrogens with one attached hydrogen (secondary N) is 1. The number of benzene rings is 1. The number of halogens is 1. The average molecular weight is 236 g/mol. The molecule has 0 saturated carbocycles. The summed E-state index contributed by atoms with van der Waals surface area (Å²) >= 11 is 0. The Morgan fingerprint density at radius 2 is 2.24 bits per heavy atom. The van der Waals surface area contributed by atoms with E-state index in [4.69, 9.17) is 9.52 Å². The van der Waals surface area contributed by atoms with Crippen LogP contribution in [0, 0.1) is 12.7 Å². The van der Waals surface area contributed by atoms with Gasteiger partial charge in [-0.3, -0.25) is 0 Å². The third-order valence-electron chi connectivity index (χ3n) is 2.02. The molecule has 2 rings (SSSR count). The van der Waals surface area contributed by atoms with Crippen molar-refractivity contribution in [3.8, 4) is 0 Å². The van der Waals surface area contributed by atoms with Crippen LogP contribution in [-0.2, 0) is 0 Å². The van der Waals surface area contributed by atoms with E-state index in [1.807, 2.05) is 0 Å². The second-order valence-electron chi connectivity index (χ2n) is 3.49. The van der Waals surface area contributed by atoms with E-state index in [-0.39, 0.29) is 11.7 Å². The van der Waals surface area contributed by atoms with E-state index in [0.717, 1.165) is 11.8 Å². The average Bonchev–Trinajstić information content (AvgIpc) is 2.64. The predicted octanol–water partition coefficient (Wildman–Crippen LogP) is 2.56. The van der Waals surface area contributed by atoms with Crippen LogP contribution < -0.4 is 5.32 Å². The van der Waals surface area contributed by atoms with Crippen molar-refractivity contribution in [3.63, 3.8) is 0 Å². The van der Waals surface area contributed by atoms with Gasteiger partial charge in [-0.2, -0.15) is 4.98 Å². The summed E-state index contributed by atoms with van der Waals surface area (Å²) < 4.78 is 18.0. The fourth-order valence-electron chi connectivity index (χ4n) is 1.36. The molecule has 0 spiro atoms. The molecule has 0 amide bonds. The molecule has 1 heterocycles. The minimum absolute atomic E-state index is 0.00685. The molecule has 6 heteroatoms. The molecule has 17 heavy (non-hydrogen) atoms. The number of anilines is 2. The highest BCUT2D eigenvalue weighted by molar-refractivity contribution is 5.85. The first-order valence-electron chi connectivity index (χ1n) is 4.77. The minimum Gasteiger partial charge on any atom is -0.476 e. The molecule has 1 aromatic heterocycles. The second-order valence-corrected chi connectivity index (χ2v) is 3.49. The van der Waals surface area contributed by atoms with Crippen LogP contribution in [0.25, 0.3) is 0 Å². The van der Waals surface area contributed by atoms with E-state index in [1.165, 1.54) is 12.1 Å². The summed E-state index contributed by atoms with van der Waals surface area (Å²) in [6.07, 6.45) is 1.01. The number of aryl methyl sites for hydroxylation is 1. The van der Waals surface area contributed by atoms with Gasteiger partial charge in [0.1, 0.15) is 12.1 Å². The number of aromatic nitrogens is 1. The van der Waals surface area contributed by atoms with Crippen molar-refractivity contribution in [2.45, 2.75) is 6.92 Å². The van der Waals surface area contributed by atoms with Gasteiger partial charge in [-0.15, -0.1) is 0 Å². The maximum Gasteiger partial charge on any atom is 0.357 e. The monoisotopic (exact) mass is 236 g/mol. The van der Waals surface area contributed by atoms with E-state index in [2.05, 4.69) is 10.3 Å². The SMILES string of the molecule is Cc1cc(F)cc(Nc2nc(C(=O)O)co2)c1. The van der Waals surface area contributed by atoms with Gasteiger partial charge < -0.3 is 14.8 Å². The molecule has 0 saturated heterocycles. The zero-order chi connectivity index (χ0) is 12.4. The van der Waals surface area contributed by atoms with Crippen LogP contribution in [0.2, 0.25) is 0 Å². The number of oxazole rings is 1. The molecule has 0 aliphatic carbocycles. The first-order chi connectivity index (χ1) is 8.04. The van der Waals surface area contributed by atoms with Crippen LogP contribution in [0.4, 0.5) is 16.1 Å². The van der Waals surface area contributed by atoms with Gasteiger partial charge in [-0.25, -0.2) is 9.18 Å². The Hall–Kier alpha value is -2.37.